The van der Waals surface area contributed by atoms with E-state index < -0.39 is 5.97 Å². The maximum Gasteiger partial charge on any atom is 0.345 e. The number of rotatable bonds is 7. The van der Waals surface area contributed by atoms with Gasteiger partial charge in [0, 0.05) is 104 Å². The monoisotopic (exact) mass is 1190 g/mol. The van der Waals surface area contributed by atoms with Crippen LogP contribution in [0.2, 0.25) is 5.28 Å². The SMILES string of the molecule is C/C=C\C(N)=C/N.CC(=O)c1cc2ccc(Br)cc2[nH]1.Cc1nc(Nc2ccc3c(c2)C=NC3)cc2nccn12.Clc1nccc(Nc2ccc3c(c2)C=NC3)n1.NC1CCOC1.O=C(O)c1cc2ccc(Br)cc2s1. The molecule has 1 saturated heterocycles. The number of aryl methyl sites for hydroxylation is 1. The molecule has 21 heteroatoms. The third kappa shape index (κ3) is 16.2. The van der Waals surface area contributed by atoms with E-state index in [2.05, 4.69) is 102 Å². The van der Waals surface area contributed by atoms with Gasteiger partial charge >= 0.3 is 5.97 Å². The highest BCUT2D eigenvalue weighted by Crippen LogP contribution is 2.29. The molecular weight excluding hydrogens is 1130 g/mol. The van der Waals surface area contributed by atoms with E-state index in [1.807, 2.05) is 104 Å². The fourth-order valence-corrected chi connectivity index (χ4v) is 9.36. The van der Waals surface area contributed by atoms with Crippen molar-refractivity contribution in [1.82, 2.24) is 29.3 Å². The molecule has 10 N–H and O–H groups in total. The maximum atomic E-state index is 11.1. The van der Waals surface area contributed by atoms with Crippen molar-refractivity contribution in [1.29, 1.82) is 0 Å². The Morgan fingerprint density at radius 2 is 1.53 bits per heavy atom. The lowest BCUT2D eigenvalue weighted by Gasteiger charge is -2.09. The topological polar surface area (TPSA) is 262 Å². The van der Waals surface area contributed by atoms with Gasteiger partial charge in [0.2, 0.25) is 5.28 Å². The minimum Gasteiger partial charge on any atom is -0.477 e. The minimum atomic E-state index is -0.864. The van der Waals surface area contributed by atoms with Crippen molar-refractivity contribution in [2.24, 2.45) is 27.2 Å². The van der Waals surface area contributed by atoms with E-state index in [4.69, 9.17) is 38.6 Å². The molecule has 5 aromatic heterocycles. The molecule has 0 radical (unpaired) electrons. The van der Waals surface area contributed by atoms with Crippen LogP contribution in [0.5, 0.6) is 0 Å². The van der Waals surface area contributed by atoms with Gasteiger partial charge in [-0.3, -0.25) is 19.2 Å². The number of ether oxygens (including phenoxy) is 1. The predicted octanol–water partition coefficient (Wildman–Crippen LogP) is 12.1. The number of nitrogens with two attached hydrogens (primary N) is 3. The van der Waals surface area contributed by atoms with Gasteiger partial charge in [0.1, 0.15) is 28.0 Å². The summed E-state index contributed by atoms with van der Waals surface area (Å²) in [5.74, 6) is 1.59. The van der Waals surface area contributed by atoms with E-state index >= 15 is 0 Å². The number of fused-ring (bicyclic) bond motifs is 5. The van der Waals surface area contributed by atoms with Crippen LogP contribution in [0.1, 0.15) is 68.5 Å². The second kappa shape index (κ2) is 27.3. The highest BCUT2D eigenvalue weighted by atomic mass is 79.9. The Kier molecular flexibility index (Phi) is 20.1. The second-order valence-electron chi connectivity index (χ2n) is 16.9. The molecule has 390 valence electrons. The molecule has 3 aliphatic heterocycles. The number of ketones is 1. The minimum absolute atomic E-state index is 0.0623. The molecule has 0 aliphatic carbocycles. The number of anilines is 4. The van der Waals surface area contributed by atoms with Gasteiger partial charge in [-0.1, -0.05) is 62.2 Å². The molecule has 1 fully saturated rings. The molecule has 76 heavy (non-hydrogen) atoms. The number of benzene rings is 4. The van der Waals surface area contributed by atoms with E-state index in [-0.39, 0.29) is 11.1 Å². The molecule has 17 nitrogen and oxygen atoms in total. The van der Waals surface area contributed by atoms with Gasteiger partial charge in [-0.25, -0.2) is 24.7 Å². The number of nitrogens with zero attached hydrogens (tertiary/aromatic N) is 7. The van der Waals surface area contributed by atoms with Gasteiger partial charge in [0.05, 0.1) is 25.4 Å². The molecule has 3 aliphatic rings. The second-order valence-corrected chi connectivity index (χ2v) is 20.2. The maximum absolute atomic E-state index is 11.1. The molecule has 1 unspecified atom stereocenters. The van der Waals surface area contributed by atoms with E-state index in [1.165, 1.54) is 34.2 Å². The van der Waals surface area contributed by atoms with Crippen molar-refractivity contribution in [3.8, 4) is 0 Å². The lowest BCUT2D eigenvalue weighted by atomic mass is 10.1. The molecule has 9 aromatic rings. The number of carboxylic acid groups (broad SMARTS) is 1. The molecule has 0 amide bonds. The number of aliphatic imine (C=N–C) groups is 2. The Hall–Kier alpha value is -7.59. The molecular formula is C55H54Br2ClN13O4S. The van der Waals surface area contributed by atoms with Gasteiger partial charge in [0.25, 0.3) is 0 Å². The Labute approximate surface area is 464 Å². The number of carbonyl (C=O) groups excluding carboxylic acids is 1. The number of imidazole rings is 1. The summed E-state index contributed by atoms with van der Waals surface area (Å²) in [7, 11) is 0. The first-order valence-corrected chi connectivity index (χ1v) is 26.4. The van der Waals surface area contributed by atoms with Crippen molar-refractivity contribution >= 4 is 129 Å². The lowest BCUT2D eigenvalue weighted by molar-refractivity contribution is 0.0702. The average Bonchev–Trinajstić information content (AvgIpc) is 4.27. The van der Waals surface area contributed by atoms with E-state index in [0.29, 0.717) is 28.1 Å². The van der Waals surface area contributed by atoms with Crippen LogP contribution in [-0.2, 0) is 17.8 Å². The van der Waals surface area contributed by atoms with Crippen molar-refractivity contribution in [3.63, 3.8) is 0 Å². The smallest absolute Gasteiger partial charge is 0.345 e. The Bertz CT molecular complexity index is 3520. The number of aromatic nitrogens is 6. The lowest BCUT2D eigenvalue weighted by Crippen LogP contribution is -2.18. The van der Waals surface area contributed by atoms with Gasteiger partial charge < -0.3 is 42.7 Å². The van der Waals surface area contributed by atoms with Crippen LogP contribution in [0.4, 0.5) is 23.0 Å². The Balaban J connectivity index is 0.000000138. The van der Waals surface area contributed by atoms with Crippen LogP contribution in [0.3, 0.4) is 0 Å². The fourth-order valence-electron chi connectivity index (χ4n) is 7.40. The first-order chi connectivity index (χ1) is 36.6. The summed E-state index contributed by atoms with van der Waals surface area (Å²) in [6.45, 7) is 8.59. The van der Waals surface area contributed by atoms with Gasteiger partial charge in [-0.15, -0.1) is 11.3 Å². The van der Waals surface area contributed by atoms with Gasteiger partial charge in [0.15, 0.2) is 5.78 Å². The number of aromatic amines is 1. The van der Waals surface area contributed by atoms with Crippen LogP contribution in [0.15, 0.2) is 159 Å². The van der Waals surface area contributed by atoms with E-state index in [9.17, 15) is 9.59 Å². The van der Waals surface area contributed by atoms with Crippen LogP contribution in [-0.4, -0.2) is 77.9 Å². The summed E-state index contributed by atoms with van der Waals surface area (Å²) >= 11 is 13.7. The van der Waals surface area contributed by atoms with Gasteiger partial charge in [-0.2, -0.15) is 0 Å². The molecule has 8 heterocycles. The summed E-state index contributed by atoms with van der Waals surface area (Å²) < 4.78 is 9.87. The number of Topliss-reactive ketones (excluding diaryl/α,β-unsaturated/α-hetero) is 1. The predicted molar refractivity (Wildman–Crippen MR) is 314 cm³/mol. The number of carboxylic acids is 1. The summed E-state index contributed by atoms with van der Waals surface area (Å²) in [5.41, 5.74) is 25.6. The number of allylic oxidation sites excluding steroid dienone is 2. The Morgan fingerprint density at radius 3 is 2.11 bits per heavy atom. The number of hydrogen-bond donors (Lipinski definition) is 7. The molecule has 0 spiro atoms. The number of aromatic carboxylic acids is 1. The number of halogens is 3. The van der Waals surface area contributed by atoms with Crippen molar-refractivity contribution in [2.45, 2.75) is 46.3 Å². The first kappa shape index (κ1) is 56.1. The molecule has 1 atom stereocenters. The number of H-pyrrole nitrogens is 1. The first-order valence-electron chi connectivity index (χ1n) is 23.6. The average molecular weight is 1190 g/mol. The normalized spacial score (nSPS) is 13.7. The van der Waals surface area contributed by atoms with Crippen molar-refractivity contribution in [2.75, 3.05) is 23.8 Å². The van der Waals surface area contributed by atoms with Crippen LogP contribution >= 0.6 is 54.8 Å². The highest BCUT2D eigenvalue weighted by Gasteiger charge is 2.12. The largest absolute Gasteiger partial charge is 0.477 e. The molecule has 4 aromatic carbocycles. The molecule has 12 rings (SSSR count). The standard InChI is InChI=1S/C15H13N5.C12H9ClN4.C10H8BrNO.C9H5BrO2S.C5H10N2.C4H9NO/c1-10-18-14(7-15-17-4-5-20(10)15)19-13-3-2-11-8-16-9-12(11)6-13;13-12-15-4-3-11(17-12)16-10-2-1-8-6-14-7-9(8)5-10;1-6(13)9-4-7-2-3-8(11)5-10(7)12-9;10-6-2-1-5-3-8(9(11)12)13-7(5)4-6;1-2-3-5(7)4-6;5-4-1-2-6-3-4/h2-7,9,19H,8H2,1H3;1-5,7H,6H2,(H,15,16,17);2-5,12H,1H3;1-4H,(H,11,12);2-4H,6-7H2,1H3;4H,1-3,5H2/b;;;;3-2-,5-4+;. The van der Waals surface area contributed by atoms with Crippen LogP contribution in [0.25, 0.3) is 26.6 Å². The zero-order valence-corrected chi connectivity index (χ0v) is 46.3. The molecule has 0 bridgehead atoms. The summed E-state index contributed by atoms with van der Waals surface area (Å²) in [5, 5.41) is 17.5. The third-order valence-corrected chi connectivity index (χ3v) is 13.4. The number of carbonyl (C=O) groups is 2. The van der Waals surface area contributed by atoms with Crippen molar-refractivity contribution < 1.29 is 19.4 Å². The van der Waals surface area contributed by atoms with Crippen molar-refractivity contribution in [3.05, 3.63) is 193 Å². The number of hydrogen-bond acceptors (Lipinski definition) is 15. The Morgan fingerprint density at radius 1 is 0.855 bits per heavy atom. The van der Waals surface area contributed by atoms with Crippen LogP contribution < -0.4 is 27.8 Å². The highest BCUT2D eigenvalue weighted by molar-refractivity contribution is 9.10. The van der Waals surface area contributed by atoms with E-state index in [0.717, 1.165) is 96.9 Å². The van der Waals surface area contributed by atoms with Crippen LogP contribution in [0, 0.1) is 6.92 Å². The number of thiophene rings is 1. The summed E-state index contributed by atoms with van der Waals surface area (Å²) in [4.78, 5) is 50.4. The number of nitrogens with one attached hydrogen (secondary N) is 3. The van der Waals surface area contributed by atoms with Gasteiger partial charge in [-0.05, 0) is 132 Å². The summed E-state index contributed by atoms with van der Waals surface area (Å²) in [6.07, 6.45) is 15.1. The fraction of sp³-hybridized carbons (Fsp3) is 0.164. The molecule has 0 saturated carbocycles. The van der Waals surface area contributed by atoms with E-state index in [1.54, 1.807) is 37.5 Å². The summed E-state index contributed by atoms with van der Waals surface area (Å²) in [6, 6.07) is 31.6. The quantitative estimate of drug-likeness (QED) is 0.0445. The zero-order chi connectivity index (χ0) is 54.1. The third-order valence-electron chi connectivity index (χ3n) is 11.2. The zero-order valence-electron chi connectivity index (χ0n) is 41.5.